The van der Waals surface area contributed by atoms with E-state index >= 15 is 0 Å². The molecule has 0 spiro atoms. The van der Waals surface area contributed by atoms with Crippen LogP contribution >= 0.6 is 0 Å². The highest BCUT2D eigenvalue weighted by Crippen LogP contribution is 2.42. The first kappa shape index (κ1) is 13.0. The van der Waals surface area contributed by atoms with Gasteiger partial charge in [0, 0.05) is 0 Å². The Morgan fingerprint density at radius 1 is 1.31 bits per heavy atom. The lowest BCUT2D eigenvalue weighted by Gasteiger charge is -2.09. The molecule has 0 radical (unpaired) electrons. The van der Waals surface area contributed by atoms with Crippen molar-refractivity contribution in [2.24, 2.45) is 17.6 Å². The van der Waals surface area contributed by atoms with Crippen molar-refractivity contribution in [3.63, 3.8) is 0 Å². The Morgan fingerprint density at radius 3 is 2.50 bits per heavy atom. The SMILES string of the molecule is CCOC(=O)[C@H](N)C[C@@H]1C[C@@H]1C(=O)OCC. The first-order valence-corrected chi connectivity index (χ1v) is 5.69. The van der Waals surface area contributed by atoms with Gasteiger partial charge in [-0.2, -0.15) is 0 Å². The molecule has 0 aliphatic heterocycles. The summed E-state index contributed by atoms with van der Waals surface area (Å²) in [5.41, 5.74) is 5.65. The minimum absolute atomic E-state index is 0.0690. The van der Waals surface area contributed by atoms with E-state index in [0.717, 1.165) is 6.42 Å². The quantitative estimate of drug-likeness (QED) is 0.670. The van der Waals surface area contributed by atoms with Crippen molar-refractivity contribution >= 4 is 11.9 Å². The summed E-state index contributed by atoms with van der Waals surface area (Å²) in [7, 11) is 0. The van der Waals surface area contributed by atoms with Crippen molar-refractivity contribution in [2.45, 2.75) is 32.7 Å². The third kappa shape index (κ3) is 3.48. The molecule has 1 aliphatic rings. The molecule has 1 saturated carbocycles. The smallest absolute Gasteiger partial charge is 0.322 e. The highest BCUT2D eigenvalue weighted by atomic mass is 16.5. The fraction of sp³-hybridized carbons (Fsp3) is 0.818. The van der Waals surface area contributed by atoms with Crippen LogP contribution in [0.4, 0.5) is 0 Å². The number of hydrogen-bond donors (Lipinski definition) is 1. The predicted molar refractivity (Wildman–Crippen MR) is 57.5 cm³/mol. The molecule has 92 valence electrons. The van der Waals surface area contributed by atoms with E-state index in [1.165, 1.54) is 0 Å². The van der Waals surface area contributed by atoms with E-state index in [1.807, 2.05) is 0 Å². The van der Waals surface area contributed by atoms with Gasteiger partial charge < -0.3 is 15.2 Å². The summed E-state index contributed by atoms with van der Waals surface area (Å²) >= 11 is 0. The van der Waals surface area contributed by atoms with Crippen LogP contribution in [-0.2, 0) is 19.1 Å². The van der Waals surface area contributed by atoms with Crippen molar-refractivity contribution < 1.29 is 19.1 Å². The van der Waals surface area contributed by atoms with Crippen LogP contribution in [0.25, 0.3) is 0 Å². The lowest BCUT2D eigenvalue weighted by atomic mass is 10.1. The first-order chi connectivity index (χ1) is 7.60. The van der Waals surface area contributed by atoms with E-state index in [0.29, 0.717) is 19.6 Å². The molecule has 0 aromatic rings. The maximum absolute atomic E-state index is 11.3. The van der Waals surface area contributed by atoms with Crippen molar-refractivity contribution in [2.75, 3.05) is 13.2 Å². The molecule has 0 saturated heterocycles. The molecule has 0 heterocycles. The summed E-state index contributed by atoms with van der Waals surface area (Å²) in [4.78, 5) is 22.6. The highest BCUT2D eigenvalue weighted by Gasteiger charge is 2.45. The maximum Gasteiger partial charge on any atom is 0.322 e. The number of carbonyl (C=O) groups is 2. The van der Waals surface area contributed by atoms with E-state index in [4.69, 9.17) is 15.2 Å². The number of esters is 2. The van der Waals surface area contributed by atoms with E-state index in [9.17, 15) is 9.59 Å². The van der Waals surface area contributed by atoms with Crippen LogP contribution in [0, 0.1) is 11.8 Å². The number of nitrogens with two attached hydrogens (primary N) is 1. The molecule has 1 fully saturated rings. The molecular formula is C11H19NO4. The summed E-state index contributed by atoms with van der Waals surface area (Å²) in [5, 5.41) is 0. The van der Waals surface area contributed by atoms with Crippen molar-refractivity contribution in [1.82, 2.24) is 0 Å². The third-order valence-corrected chi connectivity index (χ3v) is 2.66. The Balaban J connectivity index is 2.25. The Labute approximate surface area is 95.3 Å². The van der Waals surface area contributed by atoms with Gasteiger partial charge in [0.05, 0.1) is 19.1 Å². The number of rotatable bonds is 6. The Morgan fingerprint density at radius 2 is 1.94 bits per heavy atom. The van der Waals surface area contributed by atoms with Crippen LogP contribution in [0.5, 0.6) is 0 Å². The molecule has 3 atom stereocenters. The standard InChI is InChI=1S/C11H19NO4/c1-3-15-10(13)8-5-7(8)6-9(12)11(14)16-4-2/h7-9H,3-6,12H2,1-2H3/t7-,8-,9+/m0/s1. The number of carbonyl (C=O) groups excluding carboxylic acids is 2. The van der Waals surface area contributed by atoms with Gasteiger partial charge in [0.25, 0.3) is 0 Å². The molecule has 0 aromatic heterocycles. The monoisotopic (exact) mass is 229 g/mol. The van der Waals surface area contributed by atoms with Crippen molar-refractivity contribution in [3.05, 3.63) is 0 Å². The molecule has 1 rings (SSSR count). The van der Waals surface area contributed by atoms with Gasteiger partial charge in [-0.15, -0.1) is 0 Å². The summed E-state index contributed by atoms with van der Waals surface area (Å²) < 4.78 is 9.69. The summed E-state index contributed by atoms with van der Waals surface area (Å²) in [6, 6.07) is -0.621. The molecule has 5 nitrogen and oxygen atoms in total. The third-order valence-electron chi connectivity index (χ3n) is 2.66. The minimum Gasteiger partial charge on any atom is -0.466 e. The van der Waals surface area contributed by atoms with Crippen molar-refractivity contribution in [1.29, 1.82) is 0 Å². The van der Waals surface area contributed by atoms with E-state index < -0.39 is 12.0 Å². The minimum atomic E-state index is -0.621. The maximum atomic E-state index is 11.3. The van der Waals surface area contributed by atoms with Gasteiger partial charge >= 0.3 is 11.9 Å². The van der Waals surface area contributed by atoms with Gasteiger partial charge in [-0.05, 0) is 32.6 Å². The molecule has 0 amide bonds. The van der Waals surface area contributed by atoms with Crippen molar-refractivity contribution in [3.8, 4) is 0 Å². The van der Waals surface area contributed by atoms with Crippen LogP contribution in [0.3, 0.4) is 0 Å². The Bertz CT molecular complexity index is 267. The molecule has 0 unspecified atom stereocenters. The second kappa shape index (κ2) is 5.84. The lowest BCUT2D eigenvalue weighted by Crippen LogP contribution is -2.33. The van der Waals surface area contributed by atoms with Gasteiger partial charge in [0.15, 0.2) is 0 Å². The van der Waals surface area contributed by atoms with Gasteiger partial charge in [-0.25, -0.2) is 0 Å². The molecule has 1 aliphatic carbocycles. The van der Waals surface area contributed by atoms with E-state index in [-0.39, 0.29) is 17.8 Å². The Kier molecular flexibility index (Phi) is 4.73. The zero-order chi connectivity index (χ0) is 12.1. The lowest BCUT2D eigenvalue weighted by molar-refractivity contribution is -0.147. The van der Waals surface area contributed by atoms with Crippen LogP contribution < -0.4 is 5.73 Å². The molecule has 16 heavy (non-hydrogen) atoms. The van der Waals surface area contributed by atoms with Gasteiger partial charge in [0.1, 0.15) is 6.04 Å². The van der Waals surface area contributed by atoms with Gasteiger partial charge in [-0.1, -0.05) is 0 Å². The van der Waals surface area contributed by atoms with E-state index in [2.05, 4.69) is 0 Å². The normalized spacial score (nSPS) is 24.7. The molecule has 2 N–H and O–H groups in total. The molecular weight excluding hydrogens is 210 g/mol. The number of ether oxygens (including phenoxy) is 2. The summed E-state index contributed by atoms with van der Waals surface area (Å²) in [6.45, 7) is 4.24. The van der Waals surface area contributed by atoms with Crippen LogP contribution in [-0.4, -0.2) is 31.2 Å². The molecule has 0 bridgehead atoms. The summed E-state index contributed by atoms with van der Waals surface area (Å²) in [6.07, 6.45) is 1.27. The zero-order valence-electron chi connectivity index (χ0n) is 9.77. The predicted octanol–water partition coefficient (Wildman–Crippen LogP) is 0.466. The molecule has 0 aromatic carbocycles. The average Bonchev–Trinajstić information content (AvgIpc) is 2.98. The van der Waals surface area contributed by atoms with Gasteiger partial charge in [0.2, 0.25) is 0 Å². The van der Waals surface area contributed by atoms with Crippen LogP contribution in [0.15, 0.2) is 0 Å². The largest absolute Gasteiger partial charge is 0.466 e. The molecule has 5 heteroatoms. The topological polar surface area (TPSA) is 78.6 Å². The van der Waals surface area contributed by atoms with Crippen LogP contribution in [0.2, 0.25) is 0 Å². The number of hydrogen-bond acceptors (Lipinski definition) is 5. The average molecular weight is 229 g/mol. The fourth-order valence-corrected chi connectivity index (χ4v) is 1.72. The van der Waals surface area contributed by atoms with Gasteiger partial charge in [-0.3, -0.25) is 9.59 Å². The summed E-state index contributed by atoms with van der Waals surface area (Å²) in [5.74, 6) is -0.459. The zero-order valence-corrected chi connectivity index (χ0v) is 9.77. The second-order valence-corrected chi connectivity index (χ2v) is 3.95. The van der Waals surface area contributed by atoms with E-state index in [1.54, 1.807) is 13.8 Å². The highest BCUT2D eigenvalue weighted by molar-refractivity contribution is 5.77. The second-order valence-electron chi connectivity index (χ2n) is 3.95. The van der Waals surface area contributed by atoms with Crippen LogP contribution in [0.1, 0.15) is 26.7 Å². The Hall–Kier alpha value is -1.10. The fourth-order valence-electron chi connectivity index (χ4n) is 1.72. The first-order valence-electron chi connectivity index (χ1n) is 5.69.